The Kier molecular flexibility index (Phi) is 11.8. The predicted molar refractivity (Wildman–Crippen MR) is 102 cm³/mol. The van der Waals surface area contributed by atoms with Crippen LogP contribution in [0.25, 0.3) is 0 Å². The number of hydrogen-bond donors (Lipinski definition) is 0. The predicted octanol–water partition coefficient (Wildman–Crippen LogP) is 5.88. The number of rotatable bonds is 12. The van der Waals surface area contributed by atoms with E-state index in [0.717, 1.165) is 51.4 Å². The van der Waals surface area contributed by atoms with Crippen LogP contribution in [0.3, 0.4) is 0 Å². The molecular formula is C21H40O4. The monoisotopic (exact) mass is 356 g/mol. The van der Waals surface area contributed by atoms with E-state index in [9.17, 15) is 9.59 Å². The van der Waals surface area contributed by atoms with Crippen LogP contribution in [0.4, 0.5) is 0 Å². The molecule has 4 heteroatoms. The lowest BCUT2D eigenvalue weighted by Gasteiger charge is -2.31. The second kappa shape index (κ2) is 12.3. The Bertz CT molecular complexity index is 354. The van der Waals surface area contributed by atoms with Crippen molar-refractivity contribution >= 4 is 11.9 Å². The van der Waals surface area contributed by atoms with Crippen LogP contribution in [0, 0.1) is 17.3 Å². The Hall–Kier alpha value is -1.06. The van der Waals surface area contributed by atoms with Crippen LogP contribution in [0.1, 0.15) is 99.8 Å². The first-order chi connectivity index (χ1) is 11.7. The molecule has 2 atom stereocenters. The molecule has 0 saturated carbocycles. The molecule has 0 spiro atoms. The number of ether oxygens (including phenoxy) is 2. The van der Waals surface area contributed by atoms with E-state index >= 15 is 0 Å². The third-order valence-electron chi connectivity index (χ3n) is 4.62. The summed E-state index contributed by atoms with van der Waals surface area (Å²) in [5, 5.41) is 0. The molecule has 0 fully saturated rings. The van der Waals surface area contributed by atoms with Crippen molar-refractivity contribution in [3.8, 4) is 0 Å². The molecule has 0 aromatic rings. The summed E-state index contributed by atoms with van der Waals surface area (Å²) < 4.78 is 11.3. The normalized spacial score (nSPS) is 15.3. The molecule has 2 unspecified atom stereocenters. The van der Waals surface area contributed by atoms with E-state index in [1.807, 2.05) is 34.6 Å². The van der Waals surface area contributed by atoms with Gasteiger partial charge in [-0.1, -0.05) is 74.1 Å². The minimum absolute atomic E-state index is 0.120. The van der Waals surface area contributed by atoms with E-state index < -0.39 is 11.7 Å². The Labute approximate surface area is 155 Å². The van der Waals surface area contributed by atoms with Gasteiger partial charge in [-0.05, 0) is 25.7 Å². The van der Waals surface area contributed by atoms with Crippen molar-refractivity contribution in [3.63, 3.8) is 0 Å². The number of unbranched alkanes of at least 4 members (excludes halogenated alkanes) is 2. The van der Waals surface area contributed by atoms with E-state index in [1.54, 1.807) is 0 Å². The molecule has 0 rings (SSSR count). The average molecular weight is 357 g/mol. The number of esters is 2. The maximum Gasteiger partial charge on any atom is 0.312 e. The molecule has 0 aromatic carbocycles. The Morgan fingerprint density at radius 1 is 0.760 bits per heavy atom. The quantitative estimate of drug-likeness (QED) is 0.324. The zero-order valence-corrected chi connectivity index (χ0v) is 17.5. The van der Waals surface area contributed by atoms with E-state index in [2.05, 4.69) is 13.8 Å². The third kappa shape index (κ3) is 9.27. The van der Waals surface area contributed by atoms with Gasteiger partial charge in [0, 0.05) is 5.41 Å². The van der Waals surface area contributed by atoms with Crippen LogP contribution in [-0.2, 0) is 19.1 Å². The summed E-state index contributed by atoms with van der Waals surface area (Å²) in [6, 6.07) is 0. The molecule has 25 heavy (non-hydrogen) atoms. The van der Waals surface area contributed by atoms with Crippen molar-refractivity contribution in [1.82, 2.24) is 0 Å². The van der Waals surface area contributed by atoms with E-state index in [0.29, 0.717) is 0 Å². The lowest BCUT2D eigenvalue weighted by atomic mass is 9.94. The van der Waals surface area contributed by atoms with Crippen LogP contribution in [0.5, 0.6) is 0 Å². The van der Waals surface area contributed by atoms with Crippen molar-refractivity contribution in [2.75, 3.05) is 0 Å². The van der Waals surface area contributed by atoms with Crippen LogP contribution in [0.2, 0.25) is 0 Å². The van der Waals surface area contributed by atoms with Gasteiger partial charge in [-0.15, -0.1) is 0 Å². The molecule has 148 valence electrons. The molecule has 4 nitrogen and oxygen atoms in total. The van der Waals surface area contributed by atoms with Crippen LogP contribution < -0.4 is 0 Å². The highest BCUT2D eigenvalue weighted by molar-refractivity contribution is 5.74. The van der Waals surface area contributed by atoms with E-state index in [4.69, 9.17) is 9.47 Å². The van der Waals surface area contributed by atoms with Crippen molar-refractivity contribution in [2.24, 2.45) is 17.3 Å². The maximum atomic E-state index is 12.5. The van der Waals surface area contributed by atoms with Crippen LogP contribution in [-0.4, -0.2) is 18.2 Å². The molecule has 0 aliphatic carbocycles. The summed E-state index contributed by atoms with van der Waals surface area (Å²) in [5.41, 5.74) is -0.447. The van der Waals surface area contributed by atoms with Crippen molar-refractivity contribution in [3.05, 3.63) is 0 Å². The maximum absolute atomic E-state index is 12.5. The summed E-state index contributed by atoms with van der Waals surface area (Å²) >= 11 is 0. The molecule has 0 aliphatic rings. The summed E-state index contributed by atoms with van der Waals surface area (Å²) in [7, 11) is 0. The zero-order chi connectivity index (χ0) is 19.5. The fourth-order valence-electron chi connectivity index (χ4n) is 2.66. The van der Waals surface area contributed by atoms with Crippen molar-refractivity contribution in [2.45, 2.75) is 106 Å². The second-order valence-corrected chi connectivity index (χ2v) is 8.07. The highest BCUT2D eigenvalue weighted by Gasteiger charge is 2.35. The first-order valence-corrected chi connectivity index (χ1v) is 10.1. The zero-order valence-electron chi connectivity index (χ0n) is 17.5. The van der Waals surface area contributed by atoms with Crippen molar-refractivity contribution in [1.29, 1.82) is 0 Å². The average Bonchev–Trinajstić information content (AvgIpc) is 2.54. The summed E-state index contributed by atoms with van der Waals surface area (Å²) in [4.78, 5) is 25.0. The molecule has 0 aromatic heterocycles. The standard InChI is InChI=1S/C21H40O4/c1-8-12-14-16(10-3)18(22)24-20(21(5,6)7)25-19(23)17(11-4)15-13-9-2/h16-17,20H,8-15H2,1-7H3. The minimum atomic E-state index is -0.834. The van der Waals surface area contributed by atoms with Gasteiger partial charge < -0.3 is 9.47 Å². The number of carbonyl (C=O) groups excluding carboxylic acids is 2. The first-order valence-electron chi connectivity index (χ1n) is 10.1. The lowest BCUT2D eigenvalue weighted by Crippen LogP contribution is -2.39. The largest absolute Gasteiger partial charge is 0.424 e. The fourth-order valence-corrected chi connectivity index (χ4v) is 2.66. The third-order valence-corrected chi connectivity index (χ3v) is 4.62. The highest BCUT2D eigenvalue weighted by atomic mass is 16.7. The van der Waals surface area contributed by atoms with Gasteiger partial charge in [0.2, 0.25) is 0 Å². The molecule has 0 aliphatic heterocycles. The Balaban J connectivity index is 4.95. The van der Waals surface area contributed by atoms with Gasteiger partial charge in [-0.2, -0.15) is 0 Å². The molecule has 0 saturated heterocycles. The lowest BCUT2D eigenvalue weighted by molar-refractivity contribution is -0.213. The smallest absolute Gasteiger partial charge is 0.312 e. The van der Waals surface area contributed by atoms with E-state index in [-0.39, 0.29) is 23.8 Å². The van der Waals surface area contributed by atoms with Gasteiger partial charge >= 0.3 is 11.9 Å². The number of carbonyl (C=O) groups is 2. The van der Waals surface area contributed by atoms with Crippen LogP contribution >= 0.6 is 0 Å². The molecular weight excluding hydrogens is 316 g/mol. The van der Waals surface area contributed by atoms with Gasteiger partial charge in [0.15, 0.2) is 0 Å². The van der Waals surface area contributed by atoms with Gasteiger partial charge in [-0.25, -0.2) is 0 Å². The summed E-state index contributed by atoms with van der Waals surface area (Å²) in [6.45, 7) is 14.0. The fraction of sp³-hybridized carbons (Fsp3) is 0.905. The highest BCUT2D eigenvalue weighted by Crippen LogP contribution is 2.28. The Morgan fingerprint density at radius 2 is 1.12 bits per heavy atom. The molecule has 0 heterocycles. The van der Waals surface area contributed by atoms with Gasteiger partial charge in [0.05, 0.1) is 11.8 Å². The molecule has 0 radical (unpaired) electrons. The summed E-state index contributed by atoms with van der Waals surface area (Å²) in [5.74, 6) is -0.730. The minimum Gasteiger partial charge on any atom is -0.424 e. The summed E-state index contributed by atoms with van der Waals surface area (Å²) in [6.07, 6.45) is 6.42. The molecule has 0 N–H and O–H groups in total. The number of hydrogen-bond acceptors (Lipinski definition) is 4. The van der Waals surface area contributed by atoms with E-state index in [1.165, 1.54) is 0 Å². The van der Waals surface area contributed by atoms with Crippen LogP contribution in [0.15, 0.2) is 0 Å². The van der Waals surface area contributed by atoms with Gasteiger partial charge in [0.25, 0.3) is 6.29 Å². The topological polar surface area (TPSA) is 52.6 Å². The SMILES string of the molecule is CCCCC(CC)C(=O)OC(OC(=O)C(CC)CCCC)C(C)(C)C. The first kappa shape index (κ1) is 23.9. The second-order valence-electron chi connectivity index (χ2n) is 8.07. The van der Waals surface area contributed by atoms with Crippen molar-refractivity contribution < 1.29 is 19.1 Å². The molecule has 0 amide bonds. The van der Waals surface area contributed by atoms with Gasteiger partial charge in [0.1, 0.15) is 0 Å². The Morgan fingerprint density at radius 3 is 1.36 bits per heavy atom. The molecule has 0 bridgehead atoms. The van der Waals surface area contributed by atoms with Gasteiger partial charge in [-0.3, -0.25) is 9.59 Å².